The average molecular weight is 370 g/mol. The lowest BCUT2D eigenvalue weighted by Gasteiger charge is -2.36. The summed E-state index contributed by atoms with van der Waals surface area (Å²) in [7, 11) is 1.68. The highest BCUT2D eigenvalue weighted by molar-refractivity contribution is 5.78. The van der Waals surface area contributed by atoms with Gasteiger partial charge in [0.25, 0.3) is 5.91 Å². The highest BCUT2D eigenvalue weighted by Gasteiger charge is 2.23. The van der Waals surface area contributed by atoms with Gasteiger partial charge in [-0.05, 0) is 43.3 Å². The number of ether oxygens (including phenoxy) is 3. The summed E-state index contributed by atoms with van der Waals surface area (Å²) >= 11 is 0. The van der Waals surface area contributed by atoms with E-state index in [-0.39, 0.29) is 12.5 Å². The number of piperazine rings is 1. The molecule has 1 fully saturated rings. The molecule has 2 aromatic carbocycles. The molecule has 3 rings (SSSR count). The number of para-hydroxylation sites is 2. The van der Waals surface area contributed by atoms with Gasteiger partial charge in [0.15, 0.2) is 6.61 Å². The minimum atomic E-state index is 0.00330. The van der Waals surface area contributed by atoms with Crippen molar-refractivity contribution >= 4 is 11.6 Å². The molecule has 0 spiro atoms. The Balaban J connectivity index is 1.48. The molecule has 1 aliphatic heterocycles. The second-order valence-corrected chi connectivity index (χ2v) is 6.23. The Kier molecular flexibility index (Phi) is 6.41. The molecule has 1 heterocycles. The van der Waals surface area contributed by atoms with Crippen LogP contribution >= 0.6 is 0 Å². The topological polar surface area (TPSA) is 51.2 Å². The van der Waals surface area contributed by atoms with Crippen LogP contribution in [0.4, 0.5) is 5.69 Å². The number of carbonyl (C=O) groups excluding carboxylic acids is 1. The summed E-state index contributed by atoms with van der Waals surface area (Å²) in [6.07, 6.45) is 0. The number of hydrogen-bond acceptors (Lipinski definition) is 5. The lowest BCUT2D eigenvalue weighted by atomic mass is 10.2. The van der Waals surface area contributed by atoms with E-state index in [9.17, 15) is 4.79 Å². The van der Waals surface area contributed by atoms with Crippen molar-refractivity contribution in [2.24, 2.45) is 0 Å². The van der Waals surface area contributed by atoms with Crippen LogP contribution in [-0.4, -0.2) is 57.3 Å². The molecule has 144 valence electrons. The maximum absolute atomic E-state index is 12.4. The predicted octanol–water partition coefficient (Wildman–Crippen LogP) is 2.82. The van der Waals surface area contributed by atoms with E-state index in [0.29, 0.717) is 25.4 Å². The summed E-state index contributed by atoms with van der Waals surface area (Å²) in [5.74, 6) is 2.32. The van der Waals surface area contributed by atoms with Crippen LogP contribution in [0.1, 0.15) is 6.92 Å². The van der Waals surface area contributed by atoms with Gasteiger partial charge in [0, 0.05) is 26.2 Å². The van der Waals surface area contributed by atoms with Gasteiger partial charge >= 0.3 is 0 Å². The van der Waals surface area contributed by atoms with Crippen LogP contribution < -0.4 is 19.1 Å². The highest BCUT2D eigenvalue weighted by atomic mass is 16.5. The molecule has 0 atom stereocenters. The van der Waals surface area contributed by atoms with E-state index in [0.717, 1.165) is 30.3 Å². The Morgan fingerprint density at radius 2 is 1.56 bits per heavy atom. The van der Waals surface area contributed by atoms with Gasteiger partial charge in [-0.25, -0.2) is 0 Å². The number of rotatable bonds is 7. The molecule has 0 aromatic heterocycles. The van der Waals surface area contributed by atoms with Gasteiger partial charge in [-0.15, -0.1) is 0 Å². The SMILES string of the molecule is CCOc1ccc(OCC(=O)N2CCN(c3ccccc3OC)CC2)cc1. The third kappa shape index (κ3) is 4.84. The summed E-state index contributed by atoms with van der Waals surface area (Å²) in [5.41, 5.74) is 1.07. The zero-order valence-electron chi connectivity index (χ0n) is 15.9. The van der Waals surface area contributed by atoms with Gasteiger partial charge in [0.05, 0.1) is 19.4 Å². The molecule has 0 N–H and O–H groups in total. The molecule has 0 saturated carbocycles. The fraction of sp³-hybridized carbons (Fsp3) is 0.381. The molecule has 1 amide bonds. The quantitative estimate of drug-likeness (QED) is 0.750. The van der Waals surface area contributed by atoms with E-state index in [1.54, 1.807) is 7.11 Å². The monoisotopic (exact) mass is 370 g/mol. The molecule has 1 aliphatic rings. The van der Waals surface area contributed by atoms with Crippen LogP contribution in [0.3, 0.4) is 0 Å². The second kappa shape index (κ2) is 9.16. The van der Waals surface area contributed by atoms with Gasteiger partial charge in [-0.2, -0.15) is 0 Å². The molecular formula is C21H26N2O4. The number of nitrogens with zero attached hydrogens (tertiary/aromatic N) is 2. The van der Waals surface area contributed by atoms with Crippen LogP contribution in [0, 0.1) is 0 Å². The fourth-order valence-corrected chi connectivity index (χ4v) is 3.12. The third-order valence-corrected chi connectivity index (χ3v) is 4.56. The molecule has 0 radical (unpaired) electrons. The molecule has 0 unspecified atom stereocenters. The van der Waals surface area contributed by atoms with E-state index in [4.69, 9.17) is 14.2 Å². The fourth-order valence-electron chi connectivity index (χ4n) is 3.12. The minimum Gasteiger partial charge on any atom is -0.495 e. The van der Waals surface area contributed by atoms with E-state index in [1.807, 2.05) is 60.4 Å². The first-order valence-corrected chi connectivity index (χ1v) is 9.22. The van der Waals surface area contributed by atoms with Crippen molar-refractivity contribution in [2.45, 2.75) is 6.92 Å². The lowest BCUT2D eigenvalue weighted by molar-refractivity contribution is -0.133. The van der Waals surface area contributed by atoms with E-state index in [2.05, 4.69) is 4.90 Å². The molecule has 6 heteroatoms. The largest absolute Gasteiger partial charge is 0.495 e. The Labute approximate surface area is 160 Å². The lowest BCUT2D eigenvalue weighted by Crippen LogP contribution is -2.50. The first-order chi connectivity index (χ1) is 13.2. The van der Waals surface area contributed by atoms with E-state index in [1.165, 1.54) is 0 Å². The Morgan fingerprint density at radius 1 is 0.926 bits per heavy atom. The van der Waals surface area contributed by atoms with Gasteiger partial charge in [-0.3, -0.25) is 4.79 Å². The summed E-state index contributed by atoms with van der Waals surface area (Å²) in [4.78, 5) is 16.5. The summed E-state index contributed by atoms with van der Waals surface area (Å²) in [5, 5.41) is 0. The Morgan fingerprint density at radius 3 is 2.19 bits per heavy atom. The van der Waals surface area contributed by atoms with Crippen molar-refractivity contribution < 1.29 is 19.0 Å². The maximum Gasteiger partial charge on any atom is 0.260 e. The number of anilines is 1. The summed E-state index contributed by atoms with van der Waals surface area (Å²) in [6, 6.07) is 15.3. The number of benzene rings is 2. The van der Waals surface area contributed by atoms with Crippen molar-refractivity contribution in [2.75, 3.05) is 51.4 Å². The molecule has 2 aromatic rings. The van der Waals surface area contributed by atoms with E-state index < -0.39 is 0 Å². The zero-order chi connectivity index (χ0) is 19.1. The van der Waals surface area contributed by atoms with Crippen molar-refractivity contribution in [3.8, 4) is 17.2 Å². The maximum atomic E-state index is 12.4. The molecule has 0 aliphatic carbocycles. The molecule has 6 nitrogen and oxygen atoms in total. The van der Waals surface area contributed by atoms with Gasteiger partial charge in [0.1, 0.15) is 17.2 Å². The molecule has 1 saturated heterocycles. The number of amides is 1. The van der Waals surface area contributed by atoms with Gasteiger partial charge in [-0.1, -0.05) is 12.1 Å². The zero-order valence-corrected chi connectivity index (χ0v) is 15.9. The molecule has 27 heavy (non-hydrogen) atoms. The third-order valence-electron chi connectivity index (χ3n) is 4.56. The number of methoxy groups -OCH3 is 1. The minimum absolute atomic E-state index is 0.00330. The van der Waals surface area contributed by atoms with Crippen LogP contribution in [0.25, 0.3) is 0 Å². The van der Waals surface area contributed by atoms with Crippen LogP contribution in [0.2, 0.25) is 0 Å². The standard InChI is InChI=1S/C21H26N2O4/c1-3-26-17-8-10-18(11-9-17)27-16-21(24)23-14-12-22(13-15-23)19-6-4-5-7-20(19)25-2/h4-11H,3,12-16H2,1-2H3. The Bertz CT molecular complexity index is 740. The molecular weight excluding hydrogens is 344 g/mol. The predicted molar refractivity (Wildman–Crippen MR) is 105 cm³/mol. The Hall–Kier alpha value is -2.89. The average Bonchev–Trinajstić information content (AvgIpc) is 2.73. The van der Waals surface area contributed by atoms with Crippen LogP contribution in [0.5, 0.6) is 17.2 Å². The first-order valence-electron chi connectivity index (χ1n) is 9.22. The first kappa shape index (κ1) is 18.9. The molecule has 0 bridgehead atoms. The summed E-state index contributed by atoms with van der Waals surface area (Å²) < 4.78 is 16.5. The highest BCUT2D eigenvalue weighted by Crippen LogP contribution is 2.28. The van der Waals surface area contributed by atoms with E-state index >= 15 is 0 Å². The van der Waals surface area contributed by atoms with Crippen LogP contribution in [-0.2, 0) is 4.79 Å². The van der Waals surface area contributed by atoms with Crippen molar-refractivity contribution in [1.82, 2.24) is 4.90 Å². The van der Waals surface area contributed by atoms with Crippen molar-refractivity contribution in [3.05, 3.63) is 48.5 Å². The smallest absolute Gasteiger partial charge is 0.260 e. The number of hydrogen-bond donors (Lipinski definition) is 0. The van der Waals surface area contributed by atoms with Crippen molar-refractivity contribution in [3.63, 3.8) is 0 Å². The van der Waals surface area contributed by atoms with Crippen LogP contribution in [0.15, 0.2) is 48.5 Å². The van der Waals surface area contributed by atoms with Crippen molar-refractivity contribution in [1.29, 1.82) is 0 Å². The summed E-state index contributed by atoms with van der Waals surface area (Å²) in [6.45, 7) is 5.50. The van der Waals surface area contributed by atoms with Gasteiger partial charge < -0.3 is 24.0 Å². The van der Waals surface area contributed by atoms with Gasteiger partial charge in [0.2, 0.25) is 0 Å². The second-order valence-electron chi connectivity index (χ2n) is 6.23. The normalized spacial score (nSPS) is 14.0. The number of carbonyl (C=O) groups is 1.